The van der Waals surface area contributed by atoms with Crippen LogP contribution in [0.5, 0.6) is 0 Å². The Bertz CT molecular complexity index is 797. The zero-order valence-corrected chi connectivity index (χ0v) is 13.2. The van der Waals surface area contributed by atoms with Crippen molar-refractivity contribution in [2.24, 2.45) is 0 Å². The Balaban J connectivity index is 1.68. The fourth-order valence-corrected chi connectivity index (χ4v) is 5.01. The van der Waals surface area contributed by atoms with Gasteiger partial charge in [0, 0.05) is 30.7 Å². The van der Waals surface area contributed by atoms with E-state index < -0.39 is 10.0 Å². The van der Waals surface area contributed by atoms with Crippen molar-refractivity contribution >= 4 is 20.9 Å². The van der Waals surface area contributed by atoms with Crippen LogP contribution in [0.15, 0.2) is 41.4 Å². The molecule has 2 saturated heterocycles. The number of benzene rings is 1. The Morgan fingerprint density at radius 1 is 1.09 bits per heavy atom. The molecule has 2 aliphatic heterocycles. The van der Waals surface area contributed by atoms with E-state index in [1.54, 1.807) is 22.6 Å². The van der Waals surface area contributed by atoms with Crippen molar-refractivity contribution in [1.29, 1.82) is 0 Å². The lowest BCUT2D eigenvalue weighted by atomic mass is 10.1. The highest BCUT2D eigenvalue weighted by Crippen LogP contribution is 2.29. The predicted molar refractivity (Wildman–Crippen MR) is 85.1 cm³/mol. The zero-order valence-electron chi connectivity index (χ0n) is 12.4. The smallest absolute Gasteiger partial charge is 0.245 e. The Hall–Kier alpha value is -1.50. The molecule has 1 aromatic heterocycles. The molecule has 0 bridgehead atoms. The second kappa shape index (κ2) is 5.30. The summed E-state index contributed by atoms with van der Waals surface area (Å²) in [5, 5.41) is 0.863. The van der Waals surface area contributed by atoms with Gasteiger partial charge in [-0.25, -0.2) is 8.42 Å². The Morgan fingerprint density at radius 3 is 2.68 bits per heavy atom. The van der Waals surface area contributed by atoms with Gasteiger partial charge in [0.15, 0.2) is 0 Å². The SMILES string of the molecule is O=S(=O)(c1cccc2cccnc12)N1CCC(N2CCC2)C1. The number of hydrogen-bond donors (Lipinski definition) is 0. The first kappa shape index (κ1) is 14.1. The van der Waals surface area contributed by atoms with E-state index in [1.807, 2.05) is 18.2 Å². The molecule has 1 aromatic carbocycles. The number of likely N-dealkylation sites (tertiary alicyclic amines) is 1. The molecule has 2 aliphatic rings. The van der Waals surface area contributed by atoms with Crippen LogP contribution in [0.2, 0.25) is 0 Å². The molecule has 0 aliphatic carbocycles. The third-order valence-corrected chi connectivity index (χ3v) is 6.64. The summed E-state index contributed by atoms with van der Waals surface area (Å²) < 4.78 is 27.6. The lowest BCUT2D eigenvalue weighted by Gasteiger charge is -2.36. The molecule has 0 radical (unpaired) electrons. The van der Waals surface area contributed by atoms with Gasteiger partial charge in [-0.3, -0.25) is 9.88 Å². The molecule has 0 amide bonds. The topological polar surface area (TPSA) is 53.5 Å². The molecule has 1 unspecified atom stereocenters. The normalized spacial score (nSPS) is 23.7. The number of rotatable bonds is 3. The van der Waals surface area contributed by atoms with Gasteiger partial charge in [0.1, 0.15) is 4.90 Å². The highest BCUT2D eigenvalue weighted by molar-refractivity contribution is 7.89. The predicted octanol–water partition coefficient (Wildman–Crippen LogP) is 1.70. The second-order valence-electron chi connectivity index (χ2n) is 6.03. The lowest BCUT2D eigenvalue weighted by Crippen LogP contribution is -2.46. The number of pyridine rings is 1. The number of fused-ring (bicyclic) bond motifs is 1. The van der Waals surface area contributed by atoms with E-state index in [4.69, 9.17) is 0 Å². The van der Waals surface area contributed by atoms with Crippen molar-refractivity contribution < 1.29 is 8.42 Å². The van der Waals surface area contributed by atoms with Gasteiger partial charge in [0.25, 0.3) is 0 Å². The molecule has 2 aromatic rings. The number of hydrogen-bond acceptors (Lipinski definition) is 4. The van der Waals surface area contributed by atoms with Crippen LogP contribution in [0.4, 0.5) is 0 Å². The maximum absolute atomic E-state index is 13.0. The Labute approximate surface area is 130 Å². The van der Waals surface area contributed by atoms with Crippen LogP contribution in [-0.4, -0.2) is 54.8 Å². The first-order valence-electron chi connectivity index (χ1n) is 7.74. The summed E-state index contributed by atoms with van der Waals surface area (Å²) in [5.74, 6) is 0. The van der Waals surface area contributed by atoms with E-state index >= 15 is 0 Å². The molecule has 1 atom stereocenters. The summed E-state index contributed by atoms with van der Waals surface area (Å²) in [5.41, 5.74) is 0.567. The molecule has 3 heterocycles. The third kappa shape index (κ3) is 2.22. The van der Waals surface area contributed by atoms with Crippen molar-refractivity contribution in [2.45, 2.75) is 23.8 Å². The summed E-state index contributed by atoms with van der Waals surface area (Å²) in [6.45, 7) is 3.42. The summed E-state index contributed by atoms with van der Waals surface area (Å²) >= 11 is 0. The van der Waals surface area contributed by atoms with Gasteiger partial charge in [-0.05, 0) is 38.1 Å². The minimum Gasteiger partial charge on any atom is -0.299 e. The average molecular weight is 317 g/mol. The fraction of sp³-hybridized carbons (Fsp3) is 0.438. The van der Waals surface area contributed by atoms with E-state index in [2.05, 4.69) is 9.88 Å². The van der Waals surface area contributed by atoms with Gasteiger partial charge >= 0.3 is 0 Å². The number of sulfonamides is 1. The van der Waals surface area contributed by atoms with Crippen LogP contribution >= 0.6 is 0 Å². The Morgan fingerprint density at radius 2 is 1.91 bits per heavy atom. The van der Waals surface area contributed by atoms with Gasteiger partial charge in [-0.1, -0.05) is 18.2 Å². The van der Waals surface area contributed by atoms with Crippen LogP contribution in [0, 0.1) is 0 Å². The van der Waals surface area contributed by atoms with Crippen molar-refractivity contribution in [2.75, 3.05) is 26.2 Å². The largest absolute Gasteiger partial charge is 0.299 e. The maximum atomic E-state index is 13.0. The summed E-state index contributed by atoms with van der Waals surface area (Å²) in [7, 11) is -3.47. The first-order valence-corrected chi connectivity index (χ1v) is 9.18. The molecule has 0 spiro atoms. The highest BCUT2D eigenvalue weighted by Gasteiger charge is 2.37. The van der Waals surface area contributed by atoms with E-state index in [-0.39, 0.29) is 0 Å². The average Bonchev–Trinajstić information content (AvgIpc) is 2.95. The van der Waals surface area contributed by atoms with Gasteiger partial charge in [0.05, 0.1) is 5.52 Å². The summed E-state index contributed by atoms with van der Waals surface area (Å²) in [6.07, 6.45) is 3.81. The van der Waals surface area contributed by atoms with Gasteiger partial charge in [-0.2, -0.15) is 4.31 Å². The minimum atomic E-state index is -3.47. The molecule has 2 fully saturated rings. The lowest BCUT2D eigenvalue weighted by molar-refractivity contribution is 0.125. The van der Waals surface area contributed by atoms with Gasteiger partial charge in [-0.15, -0.1) is 0 Å². The molecule has 0 saturated carbocycles. The molecular weight excluding hydrogens is 298 g/mol. The molecule has 0 N–H and O–H groups in total. The number of nitrogens with zero attached hydrogens (tertiary/aromatic N) is 3. The molecule has 4 rings (SSSR count). The molecule has 22 heavy (non-hydrogen) atoms. The first-order chi connectivity index (χ1) is 10.7. The molecule has 116 valence electrons. The minimum absolute atomic E-state index is 0.329. The van der Waals surface area contributed by atoms with Gasteiger partial charge in [0.2, 0.25) is 10.0 Å². The van der Waals surface area contributed by atoms with Crippen LogP contribution in [0.25, 0.3) is 10.9 Å². The quantitative estimate of drug-likeness (QED) is 0.865. The number of para-hydroxylation sites is 1. The van der Waals surface area contributed by atoms with Crippen molar-refractivity contribution in [1.82, 2.24) is 14.2 Å². The maximum Gasteiger partial charge on any atom is 0.245 e. The van der Waals surface area contributed by atoms with E-state index in [1.165, 1.54) is 6.42 Å². The second-order valence-corrected chi connectivity index (χ2v) is 7.93. The monoisotopic (exact) mass is 317 g/mol. The molecule has 6 heteroatoms. The van der Waals surface area contributed by atoms with Crippen molar-refractivity contribution in [3.8, 4) is 0 Å². The van der Waals surface area contributed by atoms with Crippen molar-refractivity contribution in [3.63, 3.8) is 0 Å². The van der Waals surface area contributed by atoms with Crippen LogP contribution in [-0.2, 0) is 10.0 Å². The molecular formula is C16H19N3O2S. The van der Waals surface area contributed by atoms with E-state index in [0.717, 1.165) is 24.9 Å². The fourth-order valence-electron chi connectivity index (χ4n) is 3.36. The van der Waals surface area contributed by atoms with Crippen LogP contribution in [0.1, 0.15) is 12.8 Å². The standard InChI is InChI=1S/C16H19N3O2S/c20-22(21,19-11-7-14(12-19)18-9-3-10-18)15-6-1-4-13-5-2-8-17-16(13)15/h1-2,4-6,8,14H,3,7,9-12H2. The third-order valence-electron chi connectivity index (χ3n) is 4.75. The van der Waals surface area contributed by atoms with Gasteiger partial charge < -0.3 is 0 Å². The number of aromatic nitrogens is 1. The summed E-state index contributed by atoms with van der Waals surface area (Å²) in [6, 6.07) is 9.46. The van der Waals surface area contributed by atoms with Crippen LogP contribution < -0.4 is 0 Å². The Kier molecular flexibility index (Phi) is 3.40. The van der Waals surface area contributed by atoms with Crippen molar-refractivity contribution in [3.05, 3.63) is 36.5 Å². The van der Waals surface area contributed by atoms with E-state index in [9.17, 15) is 8.42 Å². The zero-order chi connectivity index (χ0) is 15.2. The van der Waals surface area contributed by atoms with Crippen LogP contribution in [0.3, 0.4) is 0 Å². The summed E-state index contributed by atoms with van der Waals surface area (Å²) in [4.78, 5) is 7.00. The molecule has 5 nitrogen and oxygen atoms in total. The van der Waals surface area contributed by atoms with E-state index in [0.29, 0.717) is 29.5 Å². The highest BCUT2D eigenvalue weighted by atomic mass is 32.2.